The van der Waals surface area contributed by atoms with Crippen LogP contribution in [0.5, 0.6) is 11.5 Å². The Balaban J connectivity index is 1.74. The van der Waals surface area contributed by atoms with Crippen molar-refractivity contribution in [2.24, 2.45) is 0 Å². The summed E-state index contributed by atoms with van der Waals surface area (Å²) in [4.78, 5) is 11.9. The van der Waals surface area contributed by atoms with Crippen LogP contribution in [0.4, 0.5) is 0 Å². The molecule has 1 aliphatic rings. The number of amides is 1. The number of carbonyl (C=O) groups excluding carboxylic acids is 1. The fourth-order valence-electron chi connectivity index (χ4n) is 2.27. The highest BCUT2D eigenvalue weighted by atomic mass is 32.2. The third kappa shape index (κ3) is 4.39. The molecule has 1 aliphatic heterocycles. The maximum absolute atomic E-state index is 12.4. The van der Waals surface area contributed by atoms with Gasteiger partial charge < -0.3 is 9.47 Å². The topological polar surface area (TPSA) is 81.7 Å². The zero-order chi connectivity index (χ0) is 17.7. The standard InChI is InChI=1S/C18H17NO5S/c20-18(10-7-14-5-2-1-3-6-14)19-25(21,22)15-8-9-16-17(13-15)24-12-4-11-23-16/h1-3,5-10,13H,4,11-12H2,(H,19,20). The molecule has 0 unspecified atom stereocenters. The third-order valence-corrected chi connectivity index (χ3v) is 4.84. The highest BCUT2D eigenvalue weighted by Gasteiger charge is 2.20. The molecule has 0 aromatic heterocycles. The molecule has 3 rings (SSSR count). The van der Waals surface area contributed by atoms with Crippen LogP contribution in [-0.2, 0) is 14.8 Å². The van der Waals surface area contributed by atoms with Crippen molar-refractivity contribution < 1.29 is 22.7 Å². The number of nitrogens with one attached hydrogen (secondary N) is 1. The van der Waals surface area contributed by atoms with Crippen LogP contribution >= 0.6 is 0 Å². The van der Waals surface area contributed by atoms with Gasteiger partial charge in [0, 0.05) is 18.6 Å². The van der Waals surface area contributed by atoms with Gasteiger partial charge in [-0.05, 0) is 23.8 Å². The van der Waals surface area contributed by atoms with Gasteiger partial charge in [0.1, 0.15) is 0 Å². The molecule has 1 N–H and O–H groups in total. The van der Waals surface area contributed by atoms with Crippen molar-refractivity contribution in [2.45, 2.75) is 11.3 Å². The SMILES string of the molecule is O=C(C=Cc1ccccc1)NS(=O)(=O)c1ccc2c(c1)OCCCO2. The molecule has 0 aliphatic carbocycles. The van der Waals surface area contributed by atoms with E-state index in [1.165, 1.54) is 24.3 Å². The van der Waals surface area contributed by atoms with Gasteiger partial charge in [0.2, 0.25) is 0 Å². The molecular formula is C18H17NO5S. The number of sulfonamides is 1. The Morgan fingerprint density at radius 2 is 1.72 bits per heavy atom. The number of hydrogen-bond acceptors (Lipinski definition) is 5. The van der Waals surface area contributed by atoms with Crippen LogP contribution in [0.1, 0.15) is 12.0 Å². The van der Waals surface area contributed by atoms with Gasteiger partial charge in [0.15, 0.2) is 11.5 Å². The van der Waals surface area contributed by atoms with E-state index < -0.39 is 15.9 Å². The van der Waals surface area contributed by atoms with Crippen LogP contribution in [0, 0.1) is 0 Å². The summed E-state index contributed by atoms with van der Waals surface area (Å²) >= 11 is 0. The minimum atomic E-state index is -4.00. The van der Waals surface area contributed by atoms with Crippen LogP contribution in [0.2, 0.25) is 0 Å². The summed E-state index contributed by atoms with van der Waals surface area (Å²) in [7, 11) is -4.00. The van der Waals surface area contributed by atoms with Crippen LogP contribution in [0.3, 0.4) is 0 Å². The van der Waals surface area contributed by atoms with Gasteiger partial charge in [-0.2, -0.15) is 0 Å². The summed E-state index contributed by atoms with van der Waals surface area (Å²) in [6, 6.07) is 13.4. The van der Waals surface area contributed by atoms with Crippen molar-refractivity contribution in [1.29, 1.82) is 0 Å². The fourth-order valence-corrected chi connectivity index (χ4v) is 3.23. The summed E-state index contributed by atoms with van der Waals surface area (Å²) in [5, 5.41) is 0. The average molecular weight is 359 g/mol. The third-order valence-electron chi connectivity index (χ3n) is 3.49. The van der Waals surface area contributed by atoms with Gasteiger partial charge in [0.25, 0.3) is 15.9 Å². The Morgan fingerprint density at radius 3 is 2.48 bits per heavy atom. The first-order valence-corrected chi connectivity index (χ1v) is 9.22. The Kier molecular flexibility index (Phi) is 5.04. The van der Waals surface area contributed by atoms with E-state index in [0.29, 0.717) is 24.7 Å². The first kappa shape index (κ1) is 17.0. The molecule has 0 bridgehead atoms. The minimum absolute atomic E-state index is 0.0572. The molecule has 2 aromatic rings. The van der Waals surface area contributed by atoms with Gasteiger partial charge in [-0.3, -0.25) is 4.79 Å². The first-order valence-electron chi connectivity index (χ1n) is 7.74. The van der Waals surface area contributed by atoms with E-state index in [2.05, 4.69) is 0 Å². The summed E-state index contributed by atoms with van der Waals surface area (Å²) in [5.41, 5.74) is 0.797. The molecular weight excluding hydrogens is 342 g/mol. The van der Waals surface area contributed by atoms with Crippen molar-refractivity contribution in [3.05, 3.63) is 60.2 Å². The maximum Gasteiger partial charge on any atom is 0.264 e. The van der Waals surface area contributed by atoms with E-state index in [1.54, 1.807) is 6.08 Å². The van der Waals surface area contributed by atoms with E-state index >= 15 is 0 Å². The van der Waals surface area contributed by atoms with Gasteiger partial charge in [-0.15, -0.1) is 0 Å². The number of fused-ring (bicyclic) bond motifs is 1. The van der Waals surface area contributed by atoms with Crippen molar-refractivity contribution in [1.82, 2.24) is 4.72 Å². The quantitative estimate of drug-likeness (QED) is 0.848. The zero-order valence-electron chi connectivity index (χ0n) is 13.3. The van der Waals surface area contributed by atoms with Crippen LogP contribution in [0.15, 0.2) is 59.5 Å². The Hall–Kier alpha value is -2.80. The van der Waals surface area contributed by atoms with Crippen LogP contribution in [0.25, 0.3) is 6.08 Å². The second-order valence-corrected chi connectivity index (χ2v) is 7.06. The molecule has 0 radical (unpaired) electrons. The van der Waals surface area contributed by atoms with Crippen molar-refractivity contribution in [3.63, 3.8) is 0 Å². The minimum Gasteiger partial charge on any atom is -0.490 e. The molecule has 1 amide bonds. The monoisotopic (exact) mass is 359 g/mol. The summed E-state index contributed by atoms with van der Waals surface area (Å²) in [5.74, 6) is 0.121. The zero-order valence-corrected chi connectivity index (χ0v) is 14.2. The first-order chi connectivity index (χ1) is 12.0. The number of carbonyl (C=O) groups is 1. The van der Waals surface area contributed by atoms with Crippen LogP contribution in [-0.4, -0.2) is 27.5 Å². The van der Waals surface area contributed by atoms with Gasteiger partial charge in [-0.25, -0.2) is 13.1 Å². The normalized spacial score (nSPS) is 14.1. The Bertz CT molecular complexity index is 891. The molecule has 2 aromatic carbocycles. The molecule has 0 spiro atoms. The molecule has 7 heteroatoms. The summed E-state index contributed by atoms with van der Waals surface area (Å²) in [6.07, 6.45) is 3.44. The maximum atomic E-state index is 12.4. The van der Waals surface area contributed by atoms with Crippen molar-refractivity contribution in [3.8, 4) is 11.5 Å². The molecule has 130 valence electrons. The lowest BCUT2D eigenvalue weighted by Gasteiger charge is -2.10. The van der Waals surface area contributed by atoms with Gasteiger partial charge >= 0.3 is 0 Å². The van der Waals surface area contributed by atoms with E-state index in [4.69, 9.17) is 9.47 Å². The van der Waals surface area contributed by atoms with Crippen molar-refractivity contribution >= 4 is 22.0 Å². The molecule has 25 heavy (non-hydrogen) atoms. The molecule has 0 atom stereocenters. The van der Waals surface area contributed by atoms with Gasteiger partial charge in [-0.1, -0.05) is 30.3 Å². The van der Waals surface area contributed by atoms with E-state index in [9.17, 15) is 13.2 Å². The van der Waals surface area contributed by atoms with Gasteiger partial charge in [0.05, 0.1) is 18.1 Å². The highest BCUT2D eigenvalue weighted by Crippen LogP contribution is 2.31. The lowest BCUT2D eigenvalue weighted by Crippen LogP contribution is -2.29. The lowest BCUT2D eigenvalue weighted by atomic mass is 10.2. The predicted octanol–water partition coefficient (Wildman–Crippen LogP) is 2.37. The second-order valence-electron chi connectivity index (χ2n) is 5.37. The number of hydrogen-bond donors (Lipinski definition) is 1. The lowest BCUT2D eigenvalue weighted by molar-refractivity contribution is -0.114. The summed E-state index contributed by atoms with van der Waals surface area (Å²) < 4.78 is 37.7. The van der Waals surface area contributed by atoms with E-state index in [0.717, 1.165) is 12.0 Å². The van der Waals surface area contributed by atoms with E-state index in [-0.39, 0.29) is 4.90 Å². The molecule has 0 saturated carbocycles. The number of benzene rings is 2. The molecule has 0 fully saturated rings. The van der Waals surface area contributed by atoms with E-state index in [1.807, 2.05) is 35.1 Å². The largest absolute Gasteiger partial charge is 0.490 e. The molecule has 0 saturated heterocycles. The van der Waals surface area contributed by atoms with Crippen molar-refractivity contribution in [2.75, 3.05) is 13.2 Å². The summed E-state index contributed by atoms with van der Waals surface area (Å²) in [6.45, 7) is 0.961. The molecule has 6 nitrogen and oxygen atoms in total. The Morgan fingerprint density at radius 1 is 1.00 bits per heavy atom. The van der Waals surface area contributed by atoms with Crippen LogP contribution < -0.4 is 14.2 Å². The second kappa shape index (κ2) is 7.40. The number of rotatable bonds is 4. The smallest absolute Gasteiger partial charge is 0.264 e. The predicted molar refractivity (Wildman–Crippen MR) is 92.9 cm³/mol. The average Bonchev–Trinajstić information content (AvgIpc) is 2.85. The highest BCUT2D eigenvalue weighted by molar-refractivity contribution is 7.90. The molecule has 1 heterocycles. The Labute approximate surface area is 146 Å². The number of ether oxygens (including phenoxy) is 2. The fraction of sp³-hybridized carbons (Fsp3) is 0.167.